The molecular formula is C11H17N3O4S. The second-order valence-corrected chi connectivity index (χ2v) is 6.58. The van der Waals surface area contributed by atoms with Crippen LogP contribution in [0.3, 0.4) is 0 Å². The van der Waals surface area contributed by atoms with Crippen molar-refractivity contribution in [2.45, 2.75) is 36.8 Å². The minimum atomic E-state index is -3.70. The summed E-state index contributed by atoms with van der Waals surface area (Å²) in [4.78, 5) is 14.7. The van der Waals surface area contributed by atoms with E-state index in [9.17, 15) is 13.2 Å². The van der Waals surface area contributed by atoms with Crippen LogP contribution in [0.5, 0.6) is 0 Å². The van der Waals surface area contributed by atoms with Gasteiger partial charge in [-0.2, -0.15) is 4.31 Å². The lowest BCUT2D eigenvalue weighted by Crippen LogP contribution is -2.44. The first-order chi connectivity index (χ1) is 8.91. The molecule has 0 bridgehead atoms. The molecule has 0 radical (unpaired) electrons. The van der Waals surface area contributed by atoms with Gasteiger partial charge in [0.25, 0.3) is 10.0 Å². The quantitative estimate of drug-likeness (QED) is 0.867. The lowest BCUT2D eigenvalue weighted by atomic mass is 10.0. The van der Waals surface area contributed by atoms with Crippen LogP contribution in [0.1, 0.15) is 25.7 Å². The zero-order chi connectivity index (χ0) is 14.0. The van der Waals surface area contributed by atoms with Gasteiger partial charge in [0.05, 0.1) is 12.7 Å². The molecule has 2 heterocycles. The summed E-state index contributed by atoms with van der Waals surface area (Å²) in [5, 5.41) is 8.86. The Morgan fingerprint density at radius 3 is 2.84 bits per heavy atom. The predicted molar refractivity (Wildman–Crippen MR) is 67.0 cm³/mol. The van der Waals surface area contributed by atoms with Crippen LogP contribution >= 0.6 is 0 Å². The molecular weight excluding hydrogens is 270 g/mol. The molecule has 1 N–H and O–H groups in total. The van der Waals surface area contributed by atoms with Crippen molar-refractivity contribution >= 4 is 16.0 Å². The number of piperidine rings is 1. The topological polar surface area (TPSA) is 92.5 Å². The lowest BCUT2D eigenvalue weighted by molar-refractivity contribution is -0.138. The molecule has 1 aliphatic heterocycles. The third kappa shape index (κ3) is 2.95. The molecule has 1 atom stereocenters. The van der Waals surface area contributed by atoms with Gasteiger partial charge in [0.1, 0.15) is 0 Å². The minimum Gasteiger partial charge on any atom is -0.481 e. The first-order valence-electron chi connectivity index (χ1n) is 6.13. The van der Waals surface area contributed by atoms with Crippen molar-refractivity contribution in [1.29, 1.82) is 0 Å². The highest BCUT2D eigenvalue weighted by molar-refractivity contribution is 7.89. The minimum absolute atomic E-state index is 0.0210. The highest BCUT2D eigenvalue weighted by Crippen LogP contribution is 2.26. The highest BCUT2D eigenvalue weighted by Gasteiger charge is 2.35. The number of hydrogen-bond acceptors (Lipinski definition) is 4. The molecule has 1 aliphatic rings. The number of aliphatic carboxylic acids is 1. The number of sulfonamides is 1. The Balaban J connectivity index is 2.28. The SMILES string of the molecule is Cn1cnc(S(=O)(=O)N2CCCCC2CC(=O)O)c1. The summed E-state index contributed by atoms with van der Waals surface area (Å²) in [6, 6.07) is -0.474. The molecule has 2 rings (SSSR count). The van der Waals surface area contributed by atoms with Crippen LogP contribution in [0.4, 0.5) is 0 Å². The molecule has 0 saturated carbocycles. The smallest absolute Gasteiger partial charge is 0.304 e. The van der Waals surface area contributed by atoms with Crippen molar-refractivity contribution in [3.63, 3.8) is 0 Å². The summed E-state index contributed by atoms with van der Waals surface area (Å²) >= 11 is 0. The van der Waals surface area contributed by atoms with E-state index >= 15 is 0 Å². The molecule has 1 aromatic heterocycles. The molecule has 1 aromatic rings. The van der Waals surface area contributed by atoms with Crippen molar-refractivity contribution in [2.24, 2.45) is 7.05 Å². The number of hydrogen-bond donors (Lipinski definition) is 1. The van der Waals surface area contributed by atoms with Crippen molar-refractivity contribution in [1.82, 2.24) is 13.9 Å². The van der Waals surface area contributed by atoms with Crippen LogP contribution in [0.25, 0.3) is 0 Å². The molecule has 1 fully saturated rings. The monoisotopic (exact) mass is 287 g/mol. The average Bonchev–Trinajstić information content (AvgIpc) is 2.76. The largest absolute Gasteiger partial charge is 0.481 e. The van der Waals surface area contributed by atoms with E-state index in [2.05, 4.69) is 4.98 Å². The number of nitrogens with zero attached hydrogens (tertiary/aromatic N) is 3. The maximum absolute atomic E-state index is 12.4. The van der Waals surface area contributed by atoms with Crippen LogP contribution in [-0.2, 0) is 21.9 Å². The number of carbonyl (C=O) groups is 1. The Morgan fingerprint density at radius 2 is 2.26 bits per heavy atom. The molecule has 1 saturated heterocycles. The fraction of sp³-hybridized carbons (Fsp3) is 0.636. The van der Waals surface area contributed by atoms with E-state index in [0.717, 1.165) is 12.8 Å². The molecule has 0 aromatic carbocycles. The average molecular weight is 287 g/mol. The lowest BCUT2D eigenvalue weighted by Gasteiger charge is -2.33. The van der Waals surface area contributed by atoms with Crippen LogP contribution in [0, 0.1) is 0 Å². The summed E-state index contributed by atoms with van der Waals surface area (Å²) < 4.78 is 27.7. The van der Waals surface area contributed by atoms with Gasteiger partial charge in [-0.25, -0.2) is 13.4 Å². The van der Waals surface area contributed by atoms with E-state index in [0.29, 0.717) is 13.0 Å². The second-order valence-electron chi connectivity index (χ2n) is 4.74. The first-order valence-corrected chi connectivity index (χ1v) is 7.57. The van der Waals surface area contributed by atoms with Gasteiger partial charge in [-0.1, -0.05) is 6.42 Å². The summed E-state index contributed by atoms with van der Waals surface area (Å²) in [7, 11) is -2.01. The third-order valence-electron chi connectivity index (χ3n) is 3.24. The van der Waals surface area contributed by atoms with Crippen molar-refractivity contribution < 1.29 is 18.3 Å². The Hall–Kier alpha value is -1.41. The van der Waals surface area contributed by atoms with E-state index < -0.39 is 22.0 Å². The number of rotatable bonds is 4. The first kappa shape index (κ1) is 14.0. The maximum atomic E-state index is 12.4. The Labute approximate surface area is 111 Å². The molecule has 8 heteroatoms. The number of aromatic nitrogens is 2. The van der Waals surface area contributed by atoms with E-state index in [1.54, 1.807) is 11.6 Å². The molecule has 0 spiro atoms. The Kier molecular flexibility index (Phi) is 3.91. The van der Waals surface area contributed by atoms with E-state index in [1.807, 2.05) is 0 Å². The van der Waals surface area contributed by atoms with Gasteiger partial charge in [-0.05, 0) is 12.8 Å². The van der Waals surface area contributed by atoms with E-state index in [1.165, 1.54) is 16.8 Å². The number of carboxylic acids is 1. The normalized spacial score (nSPS) is 21.4. The van der Waals surface area contributed by atoms with Crippen molar-refractivity contribution in [3.8, 4) is 0 Å². The Bertz CT molecular complexity index is 566. The van der Waals surface area contributed by atoms with Gasteiger partial charge in [0, 0.05) is 25.8 Å². The standard InChI is InChI=1S/C11H17N3O4S/c1-13-7-10(12-8-13)19(17,18)14-5-3-2-4-9(14)6-11(15)16/h7-9H,2-6H2,1H3,(H,15,16). The molecule has 0 aliphatic carbocycles. The molecule has 1 unspecified atom stereocenters. The summed E-state index contributed by atoms with van der Waals surface area (Å²) in [5.41, 5.74) is 0. The van der Waals surface area contributed by atoms with Gasteiger partial charge in [0.15, 0.2) is 5.03 Å². The Morgan fingerprint density at radius 1 is 1.53 bits per heavy atom. The predicted octanol–water partition coefficient (Wildman–Crippen LogP) is 0.438. The maximum Gasteiger partial charge on any atom is 0.304 e. The van der Waals surface area contributed by atoms with Gasteiger partial charge in [0.2, 0.25) is 0 Å². The van der Waals surface area contributed by atoms with Crippen LogP contribution < -0.4 is 0 Å². The zero-order valence-corrected chi connectivity index (χ0v) is 11.5. The van der Waals surface area contributed by atoms with Crippen molar-refractivity contribution in [2.75, 3.05) is 6.54 Å². The number of aryl methyl sites for hydroxylation is 1. The van der Waals surface area contributed by atoms with Crippen LogP contribution in [0.2, 0.25) is 0 Å². The molecule has 19 heavy (non-hydrogen) atoms. The fourth-order valence-electron chi connectivity index (χ4n) is 2.34. The van der Waals surface area contributed by atoms with Gasteiger partial charge >= 0.3 is 5.97 Å². The molecule has 7 nitrogen and oxygen atoms in total. The molecule has 0 amide bonds. The third-order valence-corrected chi connectivity index (χ3v) is 5.08. The number of imidazole rings is 1. The highest BCUT2D eigenvalue weighted by atomic mass is 32.2. The second kappa shape index (κ2) is 5.30. The number of carboxylic acid groups (broad SMARTS) is 1. The van der Waals surface area contributed by atoms with Crippen LogP contribution in [0.15, 0.2) is 17.6 Å². The van der Waals surface area contributed by atoms with E-state index in [-0.39, 0.29) is 11.4 Å². The summed E-state index contributed by atoms with van der Waals surface area (Å²) in [5.74, 6) is -0.979. The zero-order valence-electron chi connectivity index (χ0n) is 10.7. The molecule has 106 valence electrons. The summed E-state index contributed by atoms with van der Waals surface area (Å²) in [6.07, 6.45) is 4.88. The van der Waals surface area contributed by atoms with Crippen molar-refractivity contribution in [3.05, 3.63) is 12.5 Å². The fourth-order valence-corrected chi connectivity index (χ4v) is 4.00. The van der Waals surface area contributed by atoms with Crippen LogP contribution in [-0.4, -0.2) is 45.9 Å². The van der Waals surface area contributed by atoms with Gasteiger partial charge in [-0.15, -0.1) is 0 Å². The van der Waals surface area contributed by atoms with Gasteiger partial charge < -0.3 is 9.67 Å². The van der Waals surface area contributed by atoms with E-state index in [4.69, 9.17) is 5.11 Å². The summed E-state index contributed by atoms with van der Waals surface area (Å²) in [6.45, 7) is 0.358. The van der Waals surface area contributed by atoms with Gasteiger partial charge in [-0.3, -0.25) is 4.79 Å².